The lowest BCUT2D eigenvalue weighted by Gasteiger charge is -2.20. The Hall–Kier alpha value is -3.17. The lowest BCUT2D eigenvalue weighted by molar-refractivity contribution is -0.138. The van der Waals surface area contributed by atoms with Gasteiger partial charge < -0.3 is 9.64 Å². The van der Waals surface area contributed by atoms with Crippen LogP contribution in [0.4, 0.5) is 13.2 Å². The van der Waals surface area contributed by atoms with E-state index in [-0.39, 0.29) is 17.3 Å². The molecule has 10 heteroatoms. The molecule has 0 fully saturated rings. The van der Waals surface area contributed by atoms with E-state index in [2.05, 4.69) is 16.7 Å². The molecule has 0 aliphatic rings. The fraction of sp³-hybridized carbons (Fsp3) is 0.368. The molecule has 156 valence electrons. The summed E-state index contributed by atoms with van der Waals surface area (Å²) in [5, 5.41) is 3.98. The van der Waals surface area contributed by atoms with Crippen LogP contribution in [0.25, 0.3) is 5.82 Å². The molecule has 1 amide bonds. The van der Waals surface area contributed by atoms with Crippen LogP contribution in [-0.2, 0) is 15.7 Å². The summed E-state index contributed by atoms with van der Waals surface area (Å²) < 4.78 is 44.2. The van der Waals surface area contributed by atoms with Crippen molar-refractivity contribution in [2.24, 2.45) is 0 Å². The largest absolute Gasteiger partial charge is 0.452 e. The van der Waals surface area contributed by atoms with Crippen LogP contribution in [0, 0.1) is 6.92 Å². The van der Waals surface area contributed by atoms with Gasteiger partial charge in [-0.15, -0.1) is 0 Å². The minimum atomic E-state index is -4.50. The van der Waals surface area contributed by atoms with Crippen LogP contribution in [-0.4, -0.2) is 51.2 Å². The number of hydrogen-bond acceptors (Lipinski definition) is 5. The number of ether oxygens (including phenoxy) is 1. The van der Waals surface area contributed by atoms with E-state index in [1.807, 2.05) is 0 Å². The second kappa shape index (κ2) is 8.89. The Morgan fingerprint density at radius 3 is 2.48 bits per heavy atom. The van der Waals surface area contributed by atoms with E-state index >= 15 is 0 Å². The van der Waals surface area contributed by atoms with Gasteiger partial charge in [0.15, 0.2) is 12.4 Å². The van der Waals surface area contributed by atoms with Crippen molar-refractivity contribution in [1.82, 2.24) is 19.7 Å². The Bertz CT molecular complexity index is 904. The Kier molecular flexibility index (Phi) is 6.78. The molecule has 0 aliphatic carbocycles. The van der Waals surface area contributed by atoms with Gasteiger partial charge in [-0.3, -0.25) is 4.79 Å². The van der Waals surface area contributed by atoms with E-state index in [0.717, 1.165) is 17.7 Å². The summed E-state index contributed by atoms with van der Waals surface area (Å²) in [6, 6.07) is 2.03. The maximum absolute atomic E-state index is 12.7. The van der Waals surface area contributed by atoms with Crippen LogP contribution in [0.15, 0.2) is 36.7 Å². The zero-order valence-electron chi connectivity index (χ0n) is 16.3. The summed E-state index contributed by atoms with van der Waals surface area (Å²) in [4.78, 5) is 29.7. The van der Waals surface area contributed by atoms with E-state index in [9.17, 15) is 22.8 Å². The lowest BCUT2D eigenvalue weighted by Crippen LogP contribution is -2.35. The molecule has 0 bridgehead atoms. The van der Waals surface area contributed by atoms with Crippen molar-refractivity contribution in [2.45, 2.75) is 26.9 Å². The molecule has 2 aromatic rings. The first-order valence-corrected chi connectivity index (χ1v) is 8.72. The molecule has 2 heterocycles. The van der Waals surface area contributed by atoms with Gasteiger partial charge >= 0.3 is 12.1 Å². The van der Waals surface area contributed by atoms with Crippen molar-refractivity contribution < 1.29 is 27.5 Å². The number of likely N-dealkylation sites (N-methyl/N-ethyl adjacent to an activating group) is 1. The highest BCUT2D eigenvalue weighted by molar-refractivity contribution is 5.92. The van der Waals surface area contributed by atoms with Crippen molar-refractivity contribution in [3.63, 3.8) is 0 Å². The fourth-order valence-corrected chi connectivity index (χ4v) is 2.52. The quantitative estimate of drug-likeness (QED) is 0.518. The average molecular weight is 410 g/mol. The topological polar surface area (TPSA) is 77.3 Å². The molecular weight excluding hydrogens is 389 g/mol. The van der Waals surface area contributed by atoms with Gasteiger partial charge in [-0.05, 0) is 32.9 Å². The first kappa shape index (κ1) is 22.1. The van der Waals surface area contributed by atoms with E-state index in [1.54, 1.807) is 20.8 Å². The summed E-state index contributed by atoms with van der Waals surface area (Å²) in [6.07, 6.45) is -2.59. The normalized spacial score (nSPS) is 11.2. The van der Waals surface area contributed by atoms with Crippen molar-refractivity contribution in [2.75, 3.05) is 19.7 Å². The number of carbonyl (C=O) groups excluding carboxylic acids is 2. The molecule has 0 atom stereocenters. The third-order valence-electron chi connectivity index (χ3n) is 4.04. The standard InChI is InChI=1S/C19H21F3N4O3/c1-5-25(10-12(2)3)17(27)11-29-18(28)15-9-24-26(13(15)4)16-7-6-14(8-23-16)19(20,21)22/h6-9H,2,5,10-11H2,1,3-4H3. The Balaban J connectivity index is 2.09. The second-order valence-corrected chi connectivity index (χ2v) is 6.40. The van der Waals surface area contributed by atoms with Gasteiger partial charge in [-0.25, -0.2) is 14.5 Å². The predicted molar refractivity (Wildman–Crippen MR) is 98.4 cm³/mol. The minimum Gasteiger partial charge on any atom is -0.452 e. The van der Waals surface area contributed by atoms with Gasteiger partial charge in [0.1, 0.15) is 5.56 Å². The number of esters is 1. The van der Waals surface area contributed by atoms with Crippen LogP contribution < -0.4 is 0 Å². The summed E-state index contributed by atoms with van der Waals surface area (Å²) in [7, 11) is 0. The van der Waals surface area contributed by atoms with Crippen LogP contribution in [0.3, 0.4) is 0 Å². The van der Waals surface area contributed by atoms with Crippen LogP contribution in [0.2, 0.25) is 0 Å². The molecule has 7 nitrogen and oxygen atoms in total. The van der Waals surface area contributed by atoms with E-state index < -0.39 is 24.3 Å². The van der Waals surface area contributed by atoms with Crippen molar-refractivity contribution in [3.8, 4) is 5.82 Å². The predicted octanol–water partition coefficient (Wildman–Crippen LogP) is 3.18. The van der Waals surface area contributed by atoms with E-state index in [1.165, 1.54) is 15.8 Å². The van der Waals surface area contributed by atoms with Gasteiger partial charge in [0.25, 0.3) is 5.91 Å². The van der Waals surface area contributed by atoms with Crippen molar-refractivity contribution in [3.05, 3.63) is 53.5 Å². The third kappa shape index (κ3) is 5.43. The number of hydrogen-bond donors (Lipinski definition) is 0. The Morgan fingerprint density at radius 1 is 1.28 bits per heavy atom. The zero-order valence-corrected chi connectivity index (χ0v) is 16.3. The molecule has 0 aliphatic heterocycles. The summed E-state index contributed by atoms with van der Waals surface area (Å²) in [5.41, 5.74) is 0.318. The number of alkyl halides is 3. The summed E-state index contributed by atoms with van der Waals surface area (Å²) in [5.74, 6) is -1.01. The molecule has 0 spiro atoms. The number of carbonyl (C=O) groups is 2. The zero-order chi connectivity index (χ0) is 21.8. The first-order chi connectivity index (χ1) is 13.5. The highest BCUT2D eigenvalue weighted by atomic mass is 19.4. The molecule has 0 saturated carbocycles. The van der Waals surface area contributed by atoms with Crippen molar-refractivity contribution >= 4 is 11.9 Å². The maximum atomic E-state index is 12.7. The lowest BCUT2D eigenvalue weighted by atomic mass is 10.2. The average Bonchev–Trinajstić information content (AvgIpc) is 3.04. The Morgan fingerprint density at radius 2 is 1.97 bits per heavy atom. The number of rotatable bonds is 7. The molecule has 29 heavy (non-hydrogen) atoms. The Labute approximate surface area is 165 Å². The summed E-state index contributed by atoms with van der Waals surface area (Å²) in [6.45, 7) is 9.25. The van der Waals surface area contributed by atoms with Gasteiger partial charge in [-0.1, -0.05) is 12.2 Å². The van der Waals surface area contributed by atoms with Gasteiger partial charge in [0.05, 0.1) is 17.5 Å². The van der Waals surface area contributed by atoms with Gasteiger partial charge in [-0.2, -0.15) is 18.3 Å². The number of aromatic nitrogens is 3. The van der Waals surface area contributed by atoms with Gasteiger partial charge in [0, 0.05) is 19.3 Å². The molecule has 0 unspecified atom stereocenters. The van der Waals surface area contributed by atoms with Crippen LogP contribution in [0.1, 0.15) is 35.5 Å². The number of pyridine rings is 1. The highest BCUT2D eigenvalue weighted by Crippen LogP contribution is 2.28. The van der Waals surface area contributed by atoms with Crippen molar-refractivity contribution in [1.29, 1.82) is 0 Å². The van der Waals surface area contributed by atoms with E-state index in [0.29, 0.717) is 25.0 Å². The molecule has 0 radical (unpaired) electrons. The number of nitrogens with zero attached hydrogens (tertiary/aromatic N) is 4. The number of halogens is 3. The molecule has 0 N–H and O–H groups in total. The fourth-order valence-electron chi connectivity index (χ4n) is 2.52. The minimum absolute atomic E-state index is 0.0856. The first-order valence-electron chi connectivity index (χ1n) is 8.72. The monoisotopic (exact) mass is 410 g/mol. The third-order valence-corrected chi connectivity index (χ3v) is 4.04. The molecular formula is C19H21F3N4O3. The highest BCUT2D eigenvalue weighted by Gasteiger charge is 2.31. The molecule has 2 rings (SSSR count). The van der Waals surface area contributed by atoms with E-state index in [4.69, 9.17) is 4.74 Å². The van der Waals surface area contributed by atoms with Gasteiger partial charge in [0.2, 0.25) is 0 Å². The maximum Gasteiger partial charge on any atom is 0.417 e. The summed E-state index contributed by atoms with van der Waals surface area (Å²) >= 11 is 0. The molecule has 0 saturated heterocycles. The SMILES string of the molecule is C=C(C)CN(CC)C(=O)COC(=O)c1cnn(-c2ccc(C(F)(F)F)cn2)c1C. The van der Waals surface area contributed by atoms with Crippen LogP contribution >= 0.6 is 0 Å². The molecule has 0 aromatic carbocycles. The number of amides is 1. The molecule has 2 aromatic heterocycles. The second-order valence-electron chi connectivity index (χ2n) is 6.40. The smallest absolute Gasteiger partial charge is 0.417 e. The van der Waals surface area contributed by atoms with Crippen LogP contribution in [0.5, 0.6) is 0 Å².